The zero-order chi connectivity index (χ0) is 13.0. The van der Waals surface area contributed by atoms with Gasteiger partial charge in [0.05, 0.1) is 5.75 Å². The Morgan fingerprint density at radius 1 is 1.44 bits per heavy atom. The number of nitrogen functional groups attached to an aromatic ring is 1. The van der Waals surface area contributed by atoms with Crippen LogP contribution < -0.4 is 11.3 Å². The first kappa shape index (κ1) is 13.6. The molecule has 1 aromatic rings. The van der Waals surface area contributed by atoms with Crippen molar-refractivity contribution in [1.82, 2.24) is 9.97 Å². The molecule has 0 aromatic carbocycles. The van der Waals surface area contributed by atoms with Crippen molar-refractivity contribution in [3.8, 4) is 0 Å². The summed E-state index contributed by atoms with van der Waals surface area (Å²) in [6.45, 7) is 4.33. The van der Waals surface area contributed by atoms with Gasteiger partial charge in [0.25, 0.3) is 0 Å². The lowest BCUT2D eigenvalue weighted by molar-refractivity contribution is 0.394. The van der Waals surface area contributed by atoms with Gasteiger partial charge in [0, 0.05) is 17.0 Å². The first-order chi connectivity index (χ1) is 8.67. The topological polar surface area (TPSA) is 63.8 Å². The number of hydrogen-bond donors (Lipinski definition) is 2. The van der Waals surface area contributed by atoms with E-state index in [1.807, 2.05) is 24.8 Å². The molecule has 0 saturated heterocycles. The molecule has 18 heavy (non-hydrogen) atoms. The normalized spacial score (nSPS) is 23.9. The summed E-state index contributed by atoms with van der Waals surface area (Å²) < 4.78 is 0. The molecule has 2 rings (SSSR count). The first-order valence-electron chi connectivity index (χ1n) is 6.60. The smallest absolute Gasteiger partial charge is 0.143 e. The van der Waals surface area contributed by atoms with Crippen molar-refractivity contribution in [2.75, 3.05) is 5.43 Å². The summed E-state index contributed by atoms with van der Waals surface area (Å²) in [4.78, 5) is 8.85. The minimum atomic E-state index is 0.704. The van der Waals surface area contributed by atoms with Crippen LogP contribution >= 0.6 is 11.8 Å². The molecule has 100 valence electrons. The van der Waals surface area contributed by atoms with Crippen LogP contribution in [0, 0.1) is 12.8 Å². The van der Waals surface area contributed by atoms with E-state index < -0.39 is 0 Å². The molecule has 1 fully saturated rings. The summed E-state index contributed by atoms with van der Waals surface area (Å²) in [5.74, 6) is 8.74. The Bertz CT molecular complexity index is 397. The third-order valence-corrected chi connectivity index (χ3v) is 4.71. The molecular weight excluding hydrogens is 244 g/mol. The van der Waals surface area contributed by atoms with Gasteiger partial charge < -0.3 is 5.43 Å². The molecule has 0 radical (unpaired) electrons. The largest absolute Gasteiger partial charge is 0.308 e. The SMILES string of the molecule is Cc1cc(NN)nc(CSC2CCCC(C)C2)n1. The van der Waals surface area contributed by atoms with Crippen molar-refractivity contribution in [1.29, 1.82) is 0 Å². The zero-order valence-electron chi connectivity index (χ0n) is 11.1. The van der Waals surface area contributed by atoms with Crippen LogP contribution in [0.4, 0.5) is 5.82 Å². The number of aryl methyl sites for hydroxylation is 1. The van der Waals surface area contributed by atoms with Crippen molar-refractivity contribution >= 4 is 17.6 Å². The van der Waals surface area contributed by atoms with E-state index in [2.05, 4.69) is 22.3 Å². The molecule has 1 aliphatic rings. The highest BCUT2D eigenvalue weighted by molar-refractivity contribution is 7.99. The first-order valence-corrected chi connectivity index (χ1v) is 7.65. The number of hydrazine groups is 1. The van der Waals surface area contributed by atoms with E-state index in [4.69, 9.17) is 5.84 Å². The van der Waals surface area contributed by atoms with Gasteiger partial charge in [0.2, 0.25) is 0 Å². The van der Waals surface area contributed by atoms with E-state index in [1.165, 1.54) is 25.7 Å². The van der Waals surface area contributed by atoms with Gasteiger partial charge in [-0.05, 0) is 25.7 Å². The average molecular weight is 266 g/mol. The van der Waals surface area contributed by atoms with Gasteiger partial charge in [0.1, 0.15) is 11.6 Å². The lowest BCUT2D eigenvalue weighted by Gasteiger charge is -2.25. The van der Waals surface area contributed by atoms with Gasteiger partial charge in [-0.1, -0.05) is 19.8 Å². The molecule has 5 heteroatoms. The second-order valence-electron chi connectivity index (χ2n) is 5.16. The van der Waals surface area contributed by atoms with Crippen LogP contribution in [0.5, 0.6) is 0 Å². The van der Waals surface area contributed by atoms with Crippen molar-refractivity contribution in [3.05, 3.63) is 17.6 Å². The summed E-state index contributed by atoms with van der Waals surface area (Å²) in [5.41, 5.74) is 3.56. The van der Waals surface area contributed by atoms with Crippen LogP contribution in [-0.2, 0) is 5.75 Å². The maximum absolute atomic E-state index is 5.40. The number of thioether (sulfide) groups is 1. The lowest BCUT2D eigenvalue weighted by Crippen LogP contribution is -2.16. The Morgan fingerprint density at radius 2 is 2.28 bits per heavy atom. The van der Waals surface area contributed by atoms with Crippen molar-refractivity contribution in [3.63, 3.8) is 0 Å². The second-order valence-corrected chi connectivity index (χ2v) is 6.45. The van der Waals surface area contributed by atoms with Gasteiger partial charge in [-0.15, -0.1) is 0 Å². The predicted molar refractivity (Wildman–Crippen MR) is 77.3 cm³/mol. The molecule has 1 heterocycles. The van der Waals surface area contributed by atoms with Crippen LogP contribution in [-0.4, -0.2) is 15.2 Å². The summed E-state index contributed by atoms with van der Waals surface area (Å²) in [6, 6.07) is 1.86. The maximum Gasteiger partial charge on any atom is 0.143 e. The van der Waals surface area contributed by atoms with Crippen LogP contribution in [0.25, 0.3) is 0 Å². The Morgan fingerprint density at radius 3 is 3.00 bits per heavy atom. The van der Waals surface area contributed by atoms with Crippen LogP contribution in [0.15, 0.2) is 6.07 Å². The molecule has 1 aromatic heterocycles. The van der Waals surface area contributed by atoms with E-state index in [1.54, 1.807) is 0 Å². The van der Waals surface area contributed by atoms with Crippen LogP contribution in [0.3, 0.4) is 0 Å². The Kier molecular flexibility index (Phi) is 4.83. The monoisotopic (exact) mass is 266 g/mol. The predicted octanol–water partition coefficient (Wildman–Crippen LogP) is 2.88. The maximum atomic E-state index is 5.40. The van der Waals surface area contributed by atoms with Gasteiger partial charge in [-0.25, -0.2) is 15.8 Å². The van der Waals surface area contributed by atoms with E-state index in [-0.39, 0.29) is 0 Å². The fraction of sp³-hybridized carbons (Fsp3) is 0.692. The molecule has 1 saturated carbocycles. The number of nitrogens with one attached hydrogen (secondary N) is 1. The number of rotatable bonds is 4. The Balaban J connectivity index is 1.91. The van der Waals surface area contributed by atoms with Crippen LogP contribution in [0.1, 0.15) is 44.1 Å². The summed E-state index contributed by atoms with van der Waals surface area (Å²) in [5, 5.41) is 0.771. The summed E-state index contributed by atoms with van der Waals surface area (Å²) >= 11 is 1.99. The third-order valence-electron chi connectivity index (χ3n) is 3.38. The number of anilines is 1. The zero-order valence-corrected chi connectivity index (χ0v) is 12.0. The number of aromatic nitrogens is 2. The third kappa shape index (κ3) is 3.85. The van der Waals surface area contributed by atoms with Crippen molar-refractivity contribution < 1.29 is 0 Å². The summed E-state index contributed by atoms with van der Waals surface area (Å²) in [7, 11) is 0. The van der Waals surface area contributed by atoms with Crippen molar-refractivity contribution in [2.45, 2.75) is 50.5 Å². The number of nitrogens with two attached hydrogens (primary N) is 1. The van der Waals surface area contributed by atoms with Gasteiger partial charge in [0.15, 0.2) is 0 Å². The van der Waals surface area contributed by atoms with Gasteiger partial charge in [-0.2, -0.15) is 11.8 Å². The Hall–Kier alpha value is -0.810. The molecule has 3 N–H and O–H groups in total. The van der Waals surface area contributed by atoms with Gasteiger partial charge >= 0.3 is 0 Å². The number of hydrogen-bond acceptors (Lipinski definition) is 5. The molecular formula is C13H22N4S. The quantitative estimate of drug-likeness (QED) is 0.648. The lowest BCUT2D eigenvalue weighted by atomic mass is 9.91. The highest BCUT2D eigenvalue weighted by atomic mass is 32.2. The summed E-state index contributed by atoms with van der Waals surface area (Å²) in [6.07, 6.45) is 5.42. The van der Waals surface area contributed by atoms with E-state index in [0.717, 1.165) is 28.4 Å². The van der Waals surface area contributed by atoms with E-state index in [0.29, 0.717) is 5.82 Å². The minimum Gasteiger partial charge on any atom is -0.308 e. The van der Waals surface area contributed by atoms with Gasteiger partial charge in [-0.3, -0.25) is 0 Å². The highest BCUT2D eigenvalue weighted by Crippen LogP contribution is 2.33. The highest BCUT2D eigenvalue weighted by Gasteiger charge is 2.19. The van der Waals surface area contributed by atoms with Crippen LogP contribution in [0.2, 0.25) is 0 Å². The molecule has 0 aliphatic heterocycles. The molecule has 0 amide bonds. The van der Waals surface area contributed by atoms with E-state index in [9.17, 15) is 0 Å². The van der Waals surface area contributed by atoms with E-state index >= 15 is 0 Å². The molecule has 4 nitrogen and oxygen atoms in total. The van der Waals surface area contributed by atoms with Crippen molar-refractivity contribution in [2.24, 2.45) is 11.8 Å². The molecule has 2 unspecified atom stereocenters. The molecule has 1 aliphatic carbocycles. The second kappa shape index (κ2) is 6.38. The minimum absolute atomic E-state index is 0.704. The fourth-order valence-electron chi connectivity index (χ4n) is 2.49. The fourth-order valence-corrected chi connectivity index (χ4v) is 3.80. The molecule has 0 bridgehead atoms. The number of nitrogens with zero attached hydrogens (tertiary/aromatic N) is 2. The standard InChI is InChI=1S/C13H22N4S/c1-9-4-3-5-11(6-9)18-8-13-15-10(2)7-12(16-13)17-14/h7,9,11H,3-6,8,14H2,1-2H3,(H,15,16,17). The Labute approximate surface area is 113 Å². The molecule has 0 spiro atoms. The average Bonchev–Trinajstić information content (AvgIpc) is 2.36. The molecule has 2 atom stereocenters.